The number of aromatic nitrogens is 2. The average Bonchev–Trinajstić information content (AvgIpc) is 3.54. The number of aliphatic hydroxyl groups is 1. The van der Waals surface area contributed by atoms with E-state index in [9.17, 15) is 24.0 Å². The van der Waals surface area contributed by atoms with Gasteiger partial charge in [-0.3, -0.25) is 23.9 Å². The Bertz CT molecular complexity index is 2080. The van der Waals surface area contributed by atoms with E-state index in [2.05, 4.69) is 18.9 Å². The van der Waals surface area contributed by atoms with Gasteiger partial charge in [-0.1, -0.05) is 69.7 Å². The highest BCUT2D eigenvalue weighted by Gasteiger charge is 2.61. The first kappa shape index (κ1) is 46.0. The van der Waals surface area contributed by atoms with Crippen LogP contribution in [0.25, 0.3) is 0 Å². The quantitative estimate of drug-likeness (QED) is 0.198. The predicted octanol–water partition coefficient (Wildman–Crippen LogP) is 6.84. The molecule has 6 fully saturated rings. The maximum absolute atomic E-state index is 13.2. The van der Waals surface area contributed by atoms with E-state index in [-0.39, 0.29) is 37.0 Å². The molecule has 13 heteroatoms. The minimum atomic E-state index is -0.892. The number of carboxylic acids is 1. The first-order chi connectivity index (χ1) is 30.1. The maximum Gasteiger partial charge on any atom is 0.335 e. The molecular formula is C50H70N6O7. The van der Waals surface area contributed by atoms with Crippen molar-refractivity contribution in [3.63, 3.8) is 0 Å². The van der Waals surface area contributed by atoms with Gasteiger partial charge >= 0.3 is 5.97 Å². The highest BCUT2D eigenvalue weighted by Crippen LogP contribution is 2.55. The molecule has 3 saturated carbocycles. The lowest BCUT2D eigenvalue weighted by Crippen LogP contribution is -2.64. The Morgan fingerprint density at radius 1 is 0.825 bits per heavy atom. The zero-order valence-electron chi connectivity index (χ0n) is 37.6. The number of amides is 4. The molecule has 2 spiro atoms. The second-order valence-corrected chi connectivity index (χ2v) is 20.2. The number of aromatic carboxylic acids is 1. The van der Waals surface area contributed by atoms with Crippen molar-refractivity contribution in [3.8, 4) is 0 Å². The van der Waals surface area contributed by atoms with E-state index >= 15 is 0 Å². The molecule has 13 nitrogen and oxygen atoms in total. The van der Waals surface area contributed by atoms with Crippen LogP contribution in [-0.4, -0.2) is 110 Å². The minimum absolute atomic E-state index is 0. The van der Waals surface area contributed by atoms with Gasteiger partial charge in [0.25, 0.3) is 5.91 Å². The van der Waals surface area contributed by atoms with Gasteiger partial charge in [-0.2, -0.15) is 5.10 Å². The summed E-state index contributed by atoms with van der Waals surface area (Å²) >= 11 is 0. The molecule has 0 unspecified atom stereocenters. The number of nitrogens with zero attached hydrogens (tertiary/aromatic N) is 5. The van der Waals surface area contributed by atoms with E-state index < -0.39 is 23.2 Å². The number of hydrogen-bond acceptors (Lipinski definition) is 7. The molecule has 4 heterocycles. The van der Waals surface area contributed by atoms with Crippen LogP contribution in [0.3, 0.4) is 0 Å². The molecule has 3 saturated heterocycles. The third kappa shape index (κ3) is 10.7. The standard InChI is InChI=1S/C24H29N5O3.C16H21NO3.C10H18O.H2/c1-23(2)8-18(23)22(32)28-14-24(15-28)13-27(12-19(24)20(25)30)21(31)17-9-26-29(11-17)10-16-6-4-3-5-7-16;1-2-3-15(18)17-10-8-13(9-11-17)12-4-6-14(7-5-12)16(19)20;11-8-9-2-6-10(7-3-9)4-1-5-10;/h3-7,9,11,18-19H,8,10,12-15H2,1-2H3,(H2,25,30);4-7,13H,2-3,8-11H2,1H3,(H,19,20);9,11H,1-8H2;1H/t18-,19+;;;/m1.../s1. The molecule has 0 radical (unpaired) electrons. The number of likely N-dealkylation sites (tertiary alicyclic amines) is 3. The van der Waals surface area contributed by atoms with Crippen molar-refractivity contribution in [2.24, 2.45) is 39.7 Å². The third-order valence-electron chi connectivity index (χ3n) is 15.3. The van der Waals surface area contributed by atoms with Gasteiger partial charge in [-0.15, -0.1) is 0 Å². The summed E-state index contributed by atoms with van der Waals surface area (Å²) in [6.45, 7) is 10.6. The number of hydrogen-bond donors (Lipinski definition) is 3. The van der Waals surface area contributed by atoms with Crippen LogP contribution in [0.2, 0.25) is 0 Å². The lowest BCUT2D eigenvalue weighted by atomic mass is 9.59. The van der Waals surface area contributed by atoms with Crippen LogP contribution in [0.1, 0.15) is 137 Å². The summed E-state index contributed by atoms with van der Waals surface area (Å²) < 4.78 is 1.74. The fourth-order valence-electron chi connectivity index (χ4n) is 10.7. The van der Waals surface area contributed by atoms with Gasteiger partial charge in [0, 0.05) is 71.3 Å². The Labute approximate surface area is 373 Å². The average molecular weight is 867 g/mol. The summed E-state index contributed by atoms with van der Waals surface area (Å²) in [7, 11) is 0. The molecule has 0 bridgehead atoms. The van der Waals surface area contributed by atoms with Crippen LogP contribution >= 0.6 is 0 Å². The van der Waals surface area contributed by atoms with Gasteiger partial charge in [0.2, 0.25) is 17.7 Å². The highest BCUT2D eigenvalue weighted by molar-refractivity contribution is 5.95. The smallest absolute Gasteiger partial charge is 0.335 e. The topological polar surface area (TPSA) is 179 Å². The van der Waals surface area contributed by atoms with Gasteiger partial charge < -0.3 is 30.6 Å². The molecule has 2 atom stereocenters. The number of aliphatic hydroxyl groups excluding tert-OH is 1. The van der Waals surface area contributed by atoms with E-state index in [0.717, 1.165) is 49.8 Å². The lowest BCUT2D eigenvalue weighted by molar-refractivity contribution is -0.150. The summed E-state index contributed by atoms with van der Waals surface area (Å²) in [4.78, 5) is 66.2. The van der Waals surface area contributed by atoms with Crippen molar-refractivity contribution in [1.29, 1.82) is 0 Å². The fourth-order valence-corrected chi connectivity index (χ4v) is 10.7. The van der Waals surface area contributed by atoms with Gasteiger partial charge in [0.1, 0.15) is 0 Å². The Morgan fingerprint density at radius 3 is 2.00 bits per heavy atom. The summed E-state index contributed by atoms with van der Waals surface area (Å²) in [6, 6.07) is 17.0. The number of benzene rings is 2. The number of carbonyl (C=O) groups is 5. The number of carboxylic acid groups (broad SMARTS) is 1. The minimum Gasteiger partial charge on any atom is -0.478 e. The second-order valence-electron chi connectivity index (χ2n) is 20.2. The Morgan fingerprint density at radius 2 is 1.46 bits per heavy atom. The maximum atomic E-state index is 13.2. The molecule has 6 aliphatic rings. The molecule has 342 valence electrons. The predicted molar refractivity (Wildman–Crippen MR) is 242 cm³/mol. The number of rotatable bonds is 10. The van der Waals surface area contributed by atoms with Crippen LogP contribution in [0.5, 0.6) is 0 Å². The summed E-state index contributed by atoms with van der Waals surface area (Å²) in [5, 5.41) is 22.2. The van der Waals surface area contributed by atoms with Gasteiger partial charge in [-0.25, -0.2) is 4.79 Å². The molecule has 3 aliphatic carbocycles. The number of carbonyl (C=O) groups excluding carboxylic acids is 4. The van der Waals surface area contributed by atoms with Crippen molar-refractivity contribution in [3.05, 3.63) is 89.2 Å². The third-order valence-corrected chi connectivity index (χ3v) is 15.3. The van der Waals surface area contributed by atoms with Crippen LogP contribution in [-0.2, 0) is 20.9 Å². The van der Waals surface area contributed by atoms with Gasteiger partial charge in [-0.05, 0) is 110 Å². The van der Waals surface area contributed by atoms with E-state index in [1.165, 1.54) is 50.5 Å². The molecule has 4 N–H and O–H groups in total. The number of piperidine rings is 1. The largest absolute Gasteiger partial charge is 0.478 e. The van der Waals surface area contributed by atoms with Crippen molar-refractivity contribution in [1.82, 2.24) is 24.5 Å². The summed E-state index contributed by atoms with van der Waals surface area (Å²) in [6.07, 6.45) is 17.5. The summed E-state index contributed by atoms with van der Waals surface area (Å²) in [5.74, 6) is -0.327. The van der Waals surface area contributed by atoms with E-state index in [0.29, 0.717) is 62.2 Å². The zero-order valence-corrected chi connectivity index (χ0v) is 37.6. The molecule has 63 heavy (non-hydrogen) atoms. The van der Waals surface area contributed by atoms with Crippen molar-refractivity contribution < 1.29 is 35.6 Å². The Balaban J connectivity index is 0.000000180. The lowest BCUT2D eigenvalue weighted by Gasteiger charge is -2.50. The molecule has 3 aromatic rings. The van der Waals surface area contributed by atoms with Crippen LogP contribution < -0.4 is 5.73 Å². The molecular weight excluding hydrogens is 797 g/mol. The van der Waals surface area contributed by atoms with E-state index in [4.69, 9.17) is 15.9 Å². The van der Waals surface area contributed by atoms with Gasteiger partial charge in [0.15, 0.2) is 0 Å². The van der Waals surface area contributed by atoms with E-state index in [1.54, 1.807) is 34.1 Å². The van der Waals surface area contributed by atoms with Crippen LogP contribution in [0.4, 0.5) is 0 Å². The summed E-state index contributed by atoms with van der Waals surface area (Å²) in [5.41, 5.74) is 9.21. The van der Waals surface area contributed by atoms with Crippen molar-refractivity contribution in [2.45, 2.75) is 110 Å². The molecule has 4 amide bonds. The number of primary amides is 1. The van der Waals surface area contributed by atoms with E-state index in [1.807, 2.05) is 59.2 Å². The van der Waals surface area contributed by atoms with Gasteiger partial charge in [0.05, 0.1) is 29.8 Å². The normalized spacial score (nSPS) is 23.1. The van der Waals surface area contributed by atoms with Crippen LogP contribution in [0, 0.1) is 34.0 Å². The zero-order chi connectivity index (χ0) is 44.9. The van der Waals surface area contributed by atoms with Crippen LogP contribution in [0.15, 0.2) is 67.0 Å². The molecule has 9 rings (SSSR count). The first-order valence-electron chi connectivity index (χ1n) is 23.3. The Hall–Kier alpha value is -5.04. The molecule has 3 aliphatic heterocycles. The monoisotopic (exact) mass is 867 g/mol. The van der Waals surface area contributed by atoms with Crippen molar-refractivity contribution in [2.75, 3.05) is 45.9 Å². The first-order valence-corrected chi connectivity index (χ1v) is 23.3. The number of nitrogens with two attached hydrogens (primary N) is 1. The fraction of sp³-hybridized carbons (Fsp3) is 0.600. The second kappa shape index (κ2) is 19.4. The SMILES string of the molecule is CC1(C)C[C@@H]1C(=O)N1CC2(CN(C(=O)c3cnn(Cc4ccccc4)c3)C[C@H]2C(N)=O)C1.CCCC(=O)N1CCC(c2ccc(C(=O)O)cc2)CC1.OCC1CCC2(CCC2)CC1.[HH]. The molecule has 2 aromatic carbocycles. The Kier molecular flexibility index (Phi) is 14.1. The molecule has 1 aromatic heterocycles. The highest BCUT2D eigenvalue weighted by atomic mass is 16.4. The van der Waals surface area contributed by atoms with Crippen molar-refractivity contribution >= 4 is 29.6 Å².